The maximum Gasteiger partial charge on any atom is 0.256 e. The van der Waals surface area contributed by atoms with Crippen LogP contribution in [0.2, 0.25) is 0 Å². The molecule has 0 spiro atoms. The summed E-state index contributed by atoms with van der Waals surface area (Å²) in [6.45, 7) is 4.47. The topological polar surface area (TPSA) is 56.1 Å². The number of hydrogen-bond acceptors (Lipinski definition) is 3. The van der Waals surface area contributed by atoms with E-state index >= 15 is 0 Å². The van der Waals surface area contributed by atoms with Gasteiger partial charge in [-0.1, -0.05) is 24.3 Å². The molecule has 0 aliphatic rings. The molecule has 1 aromatic heterocycles. The molecule has 0 aliphatic heterocycles. The van der Waals surface area contributed by atoms with Crippen LogP contribution in [0.4, 0.5) is 5.82 Å². The molecule has 3 rings (SSSR count). The highest BCUT2D eigenvalue weighted by molar-refractivity contribution is 6.03. The molecule has 3 aromatic rings. The van der Waals surface area contributed by atoms with Gasteiger partial charge in [0, 0.05) is 24.9 Å². The zero-order valence-corrected chi connectivity index (χ0v) is 14.6. The van der Waals surface area contributed by atoms with Crippen molar-refractivity contribution in [2.45, 2.75) is 20.5 Å². The number of benzene rings is 2. The lowest BCUT2D eigenvalue weighted by Crippen LogP contribution is -2.13. The van der Waals surface area contributed by atoms with Gasteiger partial charge in [0.1, 0.15) is 12.4 Å². The van der Waals surface area contributed by atoms with Crippen LogP contribution in [0.5, 0.6) is 5.75 Å². The minimum Gasteiger partial charge on any atom is -0.489 e. The first-order chi connectivity index (χ1) is 12.0. The van der Waals surface area contributed by atoms with Crippen molar-refractivity contribution >= 4 is 11.7 Å². The Morgan fingerprint density at radius 3 is 2.76 bits per heavy atom. The fourth-order valence-electron chi connectivity index (χ4n) is 2.50. The Labute approximate surface area is 147 Å². The van der Waals surface area contributed by atoms with Gasteiger partial charge in [-0.15, -0.1) is 0 Å². The van der Waals surface area contributed by atoms with Gasteiger partial charge in [-0.25, -0.2) is 0 Å². The summed E-state index contributed by atoms with van der Waals surface area (Å²) in [5.74, 6) is 1.21. The Kier molecular flexibility index (Phi) is 4.84. The monoisotopic (exact) mass is 335 g/mol. The van der Waals surface area contributed by atoms with Crippen LogP contribution in [0, 0.1) is 13.8 Å². The molecular weight excluding hydrogens is 314 g/mol. The van der Waals surface area contributed by atoms with E-state index in [1.807, 2.05) is 44.2 Å². The lowest BCUT2D eigenvalue weighted by molar-refractivity contribution is 0.102. The van der Waals surface area contributed by atoms with Crippen molar-refractivity contribution in [2.75, 3.05) is 5.32 Å². The average molecular weight is 335 g/mol. The predicted molar refractivity (Wildman–Crippen MR) is 97.9 cm³/mol. The molecule has 0 fully saturated rings. The summed E-state index contributed by atoms with van der Waals surface area (Å²) >= 11 is 0. The van der Waals surface area contributed by atoms with Crippen molar-refractivity contribution < 1.29 is 9.53 Å². The largest absolute Gasteiger partial charge is 0.489 e. The third kappa shape index (κ3) is 4.26. The molecule has 0 unspecified atom stereocenters. The summed E-state index contributed by atoms with van der Waals surface area (Å²) < 4.78 is 7.56. The summed E-state index contributed by atoms with van der Waals surface area (Å²) in [6.07, 6.45) is 1.78. The Morgan fingerprint density at radius 1 is 1.16 bits per heavy atom. The van der Waals surface area contributed by atoms with Gasteiger partial charge in [-0.2, -0.15) is 5.10 Å². The molecule has 5 nitrogen and oxygen atoms in total. The van der Waals surface area contributed by atoms with Crippen molar-refractivity contribution in [1.82, 2.24) is 9.78 Å². The van der Waals surface area contributed by atoms with Crippen LogP contribution in [0.15, 0.2) is 54.7 Å². The molecular formula is C20H21N3O2. The number of rotatable bonds is 5. The highest BCUT2D eigenvalue weighted by Crippen LogP contribution is 2.20. The van der Waals surface area contributed by atoms with Crippen LogP contribution >= 0.6 is 0 Å². The SMILES string of the molecule is Cc1ccc(C)c(OCc2cccc(C(=O)Nc3ccn(C)n3)c2)c1. The summed E-state index contributed by atoms with van der Waals surface area (Å²) in [4.78, 5) is 12.3. The fourth-order valence-corrected chi connectivity index (χ4v) is 2.50. The van der Waals surface area contributed by atoms with E-state index in [0.717, 1.165) is 22.4 Å². The number of ether oxygens (including phenoxy) is 1. The number of nitrogens with one attached hydrogen (secondary N) is 1. The Morgan fingerprint density at radius 2 is 2.00 bits per heavy atom. The van der Waals surface area contributed by atoms with Crippen LogP contribution in [0.3, 0.4) is 0 Å². The molecule has 1 heterocycles. The van der Waals surface area contributed by atoms with Crippen LogP contribution in [-0.2, 0) is 13.7 Å². The number of aromatic nitrogens is 2. The summed E-state index contributed by atoms with van der Waals surface area (Å²) in [6, 6.07) is 15.3. The van der Waals surface area contributed by atoms with Crippen molar-refractivity contribution in [2.24, 2.45) is 7.05 Å². The first-order valence-electron chi connectivity index (χ1n) is 8.11. The maximum atomic E-state index is 12.3. The number of aryl methyl sites for hydroxylation is 3. The second kappa shape index (κ2) is 7.21. The number of carbonyl (C=O) groups excluding carboxylic acids is 1. The van der Waals surface area contributed by atoms with Crippen molar-refractivity contribution in [3.8, 4) is 5.75 Å². The van der Waals surface area contributed by atoms with Gasteiger partial charge < -0.3 is 10.1 Å². The molecule has 128 valence electrons. The summed E-state index contributed by atoms with van der Waals surface area (Å²) in [5, 5.41) is 6.94. The van der Waals surface area contributed by atoms with E-state index in [9.17, 15) is 4.79 Å². The third-order valence-electron chi connectivity index (χ3n) is 3.88. The van der Waals surface area contributed by atoms with Crippen LogP contribution in [-0.4, -0.2) is 15.7 Å². The van der Waals surface area contributed by atoms with E-state index in [4.69, 9.17) is 4.74 Å². The average Bonchev–Trinajstić information content (AvgIpc) is 3.01. The fraction of sp³-hybridized carbons (Fsp3) is 0.200. The first kappa shape index (κ1) is 16.8. The van der Waals surface area contributed by atoms with Crippen molar-refractivity contribution in [3.63, 3.8) is 0 Å². The quantitative estimate of drug-likeness (QED) is 0.770. The van der Waals surface area contributed by atoms with E-state index in [1.54, 1.807) is 30.1 Å². The van der Waals surface area contributed by atoms with Gasteiger partial charge in [0.2, 0.25) is 0 Å². The molecule has 25 heavy (non-hydrogen) atoms. The lowest BCUT2D eigenvalue weighted by atomic mass is 10.1. The first-order valence-corrected chi connectivity index (χ1v) is 8.11. The molecule has 0 aliphatic carbocycles. The second-order valence-electron chi connectivity index (χ2n) is 6.09. The zero-order valence-electron chi connectivity index (χ0n) is 14.6. The van der Waals surface area contributed by atoms with Gasteiger partial charge in [0.15, 0.2) is 5.82 Å². The number of carbonyl (C=O) groups is 1. The van der Waals surface area contributed by atoms with E-state index in [0.29, 0.717) is 18.0 Å². The van der Waals surface area contributed by atoms with Crippen LogP contribution in [0.1, 0.15) is 27.0 Å². The Bertz CT molecular complexity index is 899. The minimum atomic E-state index is -0.188. The van der Waals surface area contributed by atoms with E-state index < -0.39 is 0 Å². The number of anilines is 1. The predicted octanol–water partition coefficient (Wildman–Crippen LogP) is 3.87. The molecule has 5 heteroatoms. The Hall–Kier alpha value is -3.08. The van der Waals surface area contributed by atoms with Crippen LogP contribution in [0.25, 0.3) is 0 Å². The van der Waals surface area contributed by atoms with Crippen molar-refractivity contribution in [1.29, 1.82) is 0 Å². The number of amides is 1. The molecule has 0 atom stereocenters. The maximum absolute atomic E-state index is 12.3. The van der Waals surface area contributed by atoms with Crippen LogP contribution < -0.4 is 10.1 Å². The number of hydrogen-bond donors (Lipinski definition) is 1. The van der Waals surface area contributed by atoms with E-state index in [-0.39, 0.29) is 5.91 Å². The molecule has 0 saturated heterocycles. The molecule has 0 saturated carbocycles. The highest BCUT2D eigenvalue weighted by Gasteiger charge is 2.09. The highest BCUT2D eigenvalue weighted by atomic mass is 16.5. The van der Waals surface area contributed by atoms with Gasteiger partial charge >= 0.3 is 0 Å². The summed E-state index contributed by atoms with van der Waals surface area (Å²) in [7, 11) is 1.81. The smallest absolute Gasteiger partial charge is 0.256 e. The third-order valence-corrected chi connectivity index (χ3v) is 3.88. The van der Waals surface area contributed by atoms with Crippen molar-refractivity contribution in [3.05, 3.63) is 77.0 Å². The molecule has 1 N–H and O–H groups in total. The number of nitrogens with zero attached hydrogens (tertiary/aromatic N) is 2. The summed E-state index contributed by atoms with van der Waals surface area (Å²) in [5.41, 5.74) is 3.76. The van der Waals surface area contributed by atoms with Gasteiger partial charge in [-0.3, -0.25) is 9.48 Å². The normalized spacial score (nSPS) is 10.5. The minimum absolute atomic E-state index is 0.188. The molecule has 0 bridgehead atoms. The zero-order chi connectivity index (χ0) is 17.8. The molecule has 2 aromatic carbocycles. The van der Waals surface area contributed by atoms with Gasteiger partial charge in [0.25, 0.3) is 5.91 Å². The lowest BCUT2D eigenvalue weighted by Gasteiger charge is -2.11. The Balaban J connectivity index is 1.68. The van der Waals surface area contributed by atoms with Gasteiger partial charge in [-0.05, 0) is 48.7 Å². The molecule has 0 radical (unpaired) electrons. The van der Waals surface area contributed by atoms with E-state index in [1.165, 1.54) is 0 Å². The molecule has 1 amide bonds. The van der Waals surface area contributed by atoms with Gasteiger partial charge in [0.05, 0.1) is 0 Å². The standard InChI is InChI=1S/C20H21N3O2/c1-14-7-8-15(2)18(11-14)25-13-16-5-4-6-17(12-16)20(24)21-19-9-10-23(3)22-19/h4-12H,13H2,1-3H3,(H,21,22,24). The van der Waals surface area contributed by atoms with E-state index in [2.05, 4.69) is 16.5 Å². The second-order valence-corrected chi connectivity index (χ2v) is 6.09.